The number of aliphatic carboxylic acids is 1. The van der Waals surface area contributed by atoms with E-state index in [2.05, 4.69) is 10.4 Å². The molecular formula is C14H24N4O3. The lowest BCUT2D eigenvalue weighted by atomic mass is 10.2. The predicted octanol–water partition coefficient (Wildman–Crippen LogP) is 1.25. The number of hydrogen-bond donors (Lipinski definition) is 2. The summed E-state index contributed by atoms with van der Waals surface area (Å²) in [4.78, 5) is 24.3. The van der Waals surface area contributed by atoms with E-state index in [9.17, 15) is 9.59 Å². The van der Waals surface area contributed by atoms with Crippen molar-refractivity contribution in [1.29, 1.82) is 0 Å². The molecule has 1 rings (SSSR count). The van der Waals surface area contributed by atoms with E-state index in [1.54, 1.807) is 15.8 Å². The maximum atomic E-state index is 12.1. The van der Waals surface area contributed by atoms with Crippen molar-refractivity contribution < 1.29 is 14.7 Å². The van der Waals surface area contributed by atoms with Crippen molar-refractivity contribution in [1.82, 2.24) is 20.0 Å². The zero-order valence-electron chi connectivity index (χ0n) is 12.9. The monoisotopic (exact) mass is 296 g/mol. The highest BCUT2D eigenvalue weighted by atomic mass is 16.4. The quantitative estimate of drug-likeness (QED) is 0.755. The number of carboxylic acids is 1. The molecule has 0 unspecified atom stereocenters. The van der Waals surface area contributed by atoms with Crippen LogP contribution in [0.5, 0.6) is 0 Å². The molecule has 0 aromatic carbocycles. The Kier molecular flexibility index (Phi) is 6.71. The molecule has 1 aromatic rings. The molecule has 0 spiro atoms. The first-order valence-electron chi connectivity index (χ1n) is 7.15. The summed E-state index contributed by atoms with van der Waals surface area (Å²) in [5, 5.41) is 15.6. The largest absolute Gasteiger partial charge is 0.481 e. The van der Waals surface area contributed by atoms with Gasteiger partial charge in [-0.15, -0.1) is 0 Å². The van der Waals surface area contributed by atoms with Gasteiger partial charge in [0.25, 0.3) is 0 Å². The Bertz CT molecular complexity index is 471. The van der Waals surface area contributed by atoms with Gasteiger partial charge in [0.1, 0.15) is 0 Å². The molecule has 0 aliphatic rings. The average molecular weight is 296 g/mol. The van der Waals surface area contributed by atoms with Crippen molar-refractivity contribution in [2.45, 2.75) is 39.2 Å². The maximum absolute atomic E-state index is 12.1. The van der Waals surface area contributed by atoms with Gasteiger partial charge in [-0.1, -0.05) is 0 Å². The van der Waals surface area contributed by atoms with Gasteiger partial charge in [0.2, 0.25) is 0 Å². The minimum atomic E-state index is -0.838. The molecule has 0 bridgehead atoms. The highest BCUT2D eigenvalue weighted by Gasteiger charge is 2.16. The Hall–Kier alpha value is -2.05. The number of rotatable bonds is 8. The lowest BCUT2D eigenvalue weighted by molar-refractivity contribution is -0.137. The Labute approximate surface area is 124 Å². The highest BCUT2D eigenvalue weighted by Crippen LogP contribution is 2.03. The molecule has 0 saturated heterocycles. The molecule has 21 heavy (non-hydrogen) atoms. The topological polar surface area (TPSA) is 87.5 Å². The predicted molar refractivity (Wildman–Crippen MR) is 79.0 cm³/mol. The molecule has 2 amide bonds. The smallest absolute Gasteiger partial charge is 0.317 e. The number of aryl methyl sites for hydroxylation is 1. The van der Waals surface area contributed by atoms with Crippen LogP contribution in [-0.2, 0) is 18.3 Å². The van der Waals surface area contributed by atoms with Gasteiger partial charge in [0.15, 0.2) is 0 Å². The molecule has 0 fully saturated rings. The summed E-state index contributed by atoms with van der Waals surface area (Å²) in [6.07, 6.45) is 2.97. The third kappa shape index (κ3) is 5.85. The molecule has 118 valence electrons. The summed E-state index contributed by atoms with van der Waals surface area (Å²) < 4.78 is 1.78. The average Bonchev–Trinajstić information content (AvgIpc) is 2.79. The zero-order valence-corrected chi connectivity index (χ0v) is 12.9. The van der Waals surface area contributed by atoms with Crippen LogP contribution in [0.15, 0.2) is 12.3 Å². The fourth-order valence-corrected chi connectivity index (χ4v) is 2.04. The van der Waals surface area contributed by atoms with E-state index in [4.69, 9.17) is 5.11 Å². The van der Waals surface area contributed by atoms with E-state index in [-0.39, 0.29) is 18.5 Å². The van der Waals surface area contributed by atoms with Gasteiger partial charge in [-0.25, -0.2) is 4.79 Å². The molecule has 1 heterocycles. The molecule has 0 radical (unpaired) electrons. The Balaban J connectivity index is 2.38. The number of aromatic nitrogens is 2. The van der Waals surface area contributed by atoms with Crippen LogP contribution in [0, 0.1) is 0 Å². The fraction of sp³-hybridized carbons (Fsp3) is 0.643. The van der Waals surface area contributed by atoms with E-state index in [0.717, 1.165) is 5.69 Å². The third-order valence-corrected chi connectivity index (χ3v) is 3.25. The number of amides is 2. The standard InChI is InChI=1S/C14H24N4O3/c1-11(2)18(10-4-5-13(19)20)14(21)15-8-6-12-7-9-16-17(12)3/h7,9,11H,4-6,8,10H2,1-3H3,(H,15,21)(H,19,20). The summed E-state index contributed by atoms with van der Waals surface area (Å²) in [6.45, 7) is 4.81. The van der Waals surface area contributed by atoms with Crippen molar-refractivity contribution in [2.24, 2.45) is 7.05 Å². The van der Waals surface area contributed by atoms with Crippen LogP contribution in [-0.4, -0.2) is 50.9 Å². The van der Waals surface area contributed by atoms with Crippen LogP contribution < -0.4 is 5.32 Å². The van der Waals surface area contributed by atoms with E-state index in [1.165, 1.54) is 0 Å². The summed E-state index contributed by atoms with van der Waals surface area (Å²) in [5.74, 6) is -0.838. The fourth-order valence-electron chi connectivity index (χ4n) is 2.04. The number of hydrogen-bond acceptors (Lipinski definition) is 3. The lowest BCUT2D eigenvalue weighted by Gasteiger charge is -2.26. The van der Waals surface area contributed by atoms with Gasteiger partial charge in [-0.3, -0.25) is 9.48 Å². The number of carboxylic acid groups (broad SMARTS) is 1. The molecule has 7 heteroatoms. The molecular weight excluding hydrogens is 272 g/mol. The van der Waals surface area contributed by atoms with Gasteiger partial charge in [-0.05, 0) is 26.3 Å². The lowest BCUT2D eigenvalue weighted by Crippen LogP contribution is -2.45. The summed E-state index contributed by atoms with van der Waals surface area (Å²) in [5.41, 5.74) is 1.05. The van der Waals surface area contributed by atoms with Crippen LogP contribution in [0.25, 0.3) is 0 Å². The van der Waals surface area contributed by atoms with Crippen LogP contribution in [0.3, 0.4) is 0 Å². The second kappa shape index (κ2) is 8.28. The molecule has 2 N–H and O–H groups in total. The number of nitrogens with zero attached hydrogens (tertiary/aromatic N) is 3. The Morgan fingerprint density at radius 1 is 1.48 bits per heavy atom. The first-order chi connectivity index (χ1) is 9.91. The molecule has 0 saturated carbocycles. The van der Waals surface area contributed by atoms with E-state index in [1.807, 2.05) is 27.0 Å². The molecule has 0 aliphatic heterocycles. The van der Waals surface area contributed by atoms with E-state index >= 15 is 0 Å². The highest BCUT2D eigenvalue weighted by molar-refractivity contribution is 5.74. The number of urea groups is 1. The molecule has 0 aliphatic carbocycles. The van der Waals surface area contributed by atoms with Crippen molar-refractivity contribution in [2.75, 3.05) is 13.1 Å². The van der Waals surface area contributed by atoms with Crippen molar-refractivity contribution in [3.63, 3.8) is 0 Å². The summed E-state index contributed by atoms with van der Waals surface area (Å²) >= 11 is 0. The normalized spacial score (nSPS) is 10.7. The molecule has 1 aromatic heterocycles. The minimum absolute atomic E-state index is 0.0375. The Morgan fingerprint density at radius 3 is 2.71 bits per heavy atom. The number of carbonyl (C=O) groups is 2. The van der Waals surface area contributed by atoms with Crippen LogP contribution in [0.1, 0.15) is 32.4 Å². The van der Waals surface area contributed by atoms with Gasteiger partial charge in [0.05, 0.1) is 0 Å². The summed E-state index contributed by atoms with van der Waals surface area (Å²) in [6, 6.07) is 1.80. The second-order valence-corrected chi connectivity index (χ2v) is 5.21. The number of nitrogens with one attached hydrogen (secondary N) is 1. The summed E-state index contributed by atoms with van der Waals surface area (Å²) in [7, 11) is 1.86. The van der Waals surface area contributed by atoms with E-state index in [0.29, 0.717) is 25.9 Å². The number of carbonyl (C=O) groups excluding carboxylic acids is 1. The van der Waals surface area contributed by atoms with E-state index < -0.39 is 5.97 Å². The Morgan fingerprint density at radius 2 is 2.19 bits per heavy atom. The first kappa shape index (κ1) is 17.0. The SMILES string of the molecule is CC(C)N(CCCC(=O)O)C(=O)NCCc1ccnn1C. The van der Waals surface area contributed by atoms with Crippen LogP contribution >= 0.6 is 0 Å². The van der Waals surface area contributed by atoms with Crippen LogP contribution in [0.4, 0.5) is 4.79 Å². The minimum Gasteiger partial charge on any atom is -0.481 e. The van der Waals surface area contributed by atoms with Crippen LogP contribution in [0.2, 0.25) is 0 Å². The van der Waals surface area contributed by atoms with Gasteiger partial charge in [-0.2, -0.15) is 5.10 Å². The van der Waals surface area contributed by atoms with Gasteiger partial charge >= 0.3 is 12.0 Å². The van der Waals surface area contributed by atoms with Crippen molar-refractivity contribution in [3.8, 4) is 0 Å². The first-order valence-corrected chi connectivity index (χ1v) is 7.15. The zero-order chi connectivity index (χ0) is 15.8. The van der Waals surface area contributed by atoms with Crippen molar-refractivity contribution >= 4 is 12.0 Å². The third-order valence-electron chi connectivity index (χ3n) is 3.25. The molecule has 7 nitrogen and oxygen atoms in total. The second-order valence-electron chi connectivity index (χ2n) is 5.21. The maximum Gasteiger partial charge on any atom is 0.317 e. The van der Waals surface area contributed by atoms with Gasteiger partial charge < -0.3 is 15.3 Å². The van der Waals surface area contributed by atoms with Crippen molar-refractivity contribution in [3.05, 3.63) is 18.0 Å². The van der Waals surface area contributed by atoms with Gasteiger partial charge in [0, 0.05) is 50.9 Å². The molecule has 0 atom stereocenters.